The van der Waals surface area contributed by atoms with Gasteiger partial charge in [-0.3, -0.25) is 13.9 Å². The Morgan fingerprint density at radius 3 is 2.15 bits per heavy atom. The second-order valence-corrected chi connectivity index (χ2v) is 13.9. The van der Waals surface area contributed by atoms with Crippen molar-refractivity contribution in [3.63, 3.8) is 0 Å². The van der Waals surface area contributed by atoms with Gasteiger partial charge >= 0.3 is 0 Å². The highest BCUT2D eigenvalue weighted by Gasteiger charge is 2.35. The van der Waals surface area contributed by atoms with E-state index in [1.165, 1.54) is 17.0 Å². The van der Waals surface area contributed by atoms with Crippen LogP contribution in [0.2, 0.25) is 10.0 Å². The predicted octanol–water partition coefficient (Wildman–Crippen LogP) is 7.36. The Morgan fingerprint density at radius 2 is 1.50 bits per heavy atom. The molecule has 1 atom stereocenters. The molecule has 0 saturated carbocycles. The fourth-order valence-electron chi connectivity index (χ4n) is 5.12. The van der Waals surface area contributed by atoms with Crippen molar-refractivity contribution in [3.8, 4) is 0 Å². The van der Waals surface area contributed by atoms with Crippen LogP contribution in [0.25, 0.3) is 0 Å². The Bertz CT molecular complexity index is 1750. The molecule has 0 aromatic heterocycles. The lowest BCUT2D eigenvalue weighted by Crippen LogP contribution is -2.53. The zero-order valence-electron chi connectivity index (χ0n) is 26.2. The molecule has 0 radical (unpaired) electrons. The number of amides is 2. The molecule has 0 heterocycles. The fraction of sp³-hybridized carbons (Fsp3) is 0.278. The van der Waals surface area contributed by atoms with Crippen molar-refractivity contribution in [2.24, 2.45) is 0 Å². The highest BCUT2D eigenvalue weighted by atomic mass is 35.5. The number of aryl methyl sites for hydroxylation is 2. The maximum Gasteiger partial charge on any atom is 0.264 e. The minimum atomic E-state index is -4.18. The third-order valence-electron chi connectivity index (χ3n) is 7.68. The predicted molar refractivity (Wildman–Crippen MR) is 186 cm³/mol. The number of unbranched alkanes of at least 4 members (excludes halogenated alkanes) is 1. The molecule has 1 N–H and O–H groups in total. The van der Waals surface area contributed by atoms with Crippen molar-refractivity contribution in [3.05, 3.63) is 129 Å². The molecule has 0 bridgehead atoms. The zero-order valence-corrected chi connectivity index (χ0v) is 28.6. The Labute approximate surface area is 282 Å². The van der Waals surface area contributed by atoms with Gasteiger partial charge in [-0.05, 0) is 72.9 Å². The molecule has 0 aliphatic rings. The molecule has 7 nitrogen and oxygen atoms in total. The average molecular weight is 681 g/mol. The smallest absolute Gasteiger partial charge is 0.264 e. The Hall–Kier alpha value is -3.85. The Kier molecular flexibility index (Phi) is 12.3. The zero-order chi connectivity index (χ0) is 33.3. The number of benzene rings is 4. The van der Waals surface area contributed by atoms with E-state index < -0.39 is 28.5 Å². The van der Waals surface area contributed by atoms with Gasteiger partial charge in [0.25, 0.3) is 10.0 Å². The molecule has 2 amide bonds. The van der Waals surface area contributed by atoms with E-state index in [9.17, 15) is 18.0 Å². The first-order valence-corrected chi connectivity index (χ1v) is 17.4. The number of rotatable bonds is 14. The molecule has 0 unspecified atom stereocenters. The van der Waals surface area contributed by atoms with E-state index in [2.05, 4.69) is 5.32 Å². The van der Waals surface area contributed by atoms with Crippen LogP contribution in [0.1, 0.15) is 42.0 Å². The number of halogens is 2. The molecule has 10 heteroatoms. The van der Waals surface area contributed by atoms with Crippen molar-refractivity contribution in [1.29, 1.82) is 0 Å². The molecule has 0 aliphatic heterocycles. The van der Waals surface area contributed by atoms with Crippen molar-refractivity contribution in [1.82, 2.24) is 10.2 Å². The lowest BCUT2D eigenvalue weighted by atomic mass is 10.0. The second kappa shape index (κ2) is 16.1. The van der Waals surface area contributed by atoms with Crippen LogP contribution in [0.4, 0.5) is 5.69 Å². The van der Waals surface area contributed by atoms with Gasteiger partial charge in [0.2, 0.25) is 11.8 Å². The Morgan fingerprint density at radius 1 is 0.826 bits per heavy atom. The molecule has 4 rings (SSSR count). The second-order valence-electron chi connectivity index (χ2n) is 11.2. The molecule has 4 aromatic rings. The number of anilines is 1. The number of sulfonamides is 1. The van der Waals surface area contributed by atoms with Gasteiger partial charge in [-0.2, -0.15) is 0 Å². The first-order chi connectivity index (χ1) is 22.0. The molecule has 0 spiro atoms. The highest BCUT2D eigenvalue weighted by Crippen LogP contribution is 2.29. The van der Waals surface area contributed by atoms with Crippen molar-refractivity contribution >= 4 is 50.7 Å². The average Bonchev–Trinajstić information content (AvgIpc) is 3.05. The van der Waals surface area contributed by atoms with E-state index in [-0.39, 0.29) is 23.8 Å². The van der Waals surface area contributed by atoms with Crippen LogP contribution in [0.15, 0.2) is 102 Å². The first kappa shape index (κ1) is 35.0. The van der Waals surface area contributed by atoms with Crippen LogP contribution in [-0.2, 0) is 32.6 Å². The molecule has 0 fully saturated rings. The van der Waals surface area contributed by atoms with Crippen LogP contribution in [-0.4, -0.2) is 44.3 Å². The van der Waals surface area contributed by atoms with E-state index in [0.717, 1.165) is 28.3 Å². The van der Waals surface area contributed by atoms with Crippen LogP contribution in [0.3, 0.4) is 0 Å². The standard InChI is InChI=1S/C36H39Cl2N3O4S/c1-4-5-20-39-36(43)34(23-28-12-8-6-9-13-28)40(24-29-18-19-31(37)32(38)22-29)35(42)25-41(33-21-26(2)16-17-27(33)3)46(44,45)30-14-10-7-11-15-30/h6-19,21-22,34H,4-5,20,23-25H2,1-3H3,(H,39,43)/t34-/m0/s1. The van der Waals surface area contributed by atoms with E-state index in [1.807, 2.05) is 56.3 Å². The van der Waals surface area contributed by atoms with E-state index >= 15 is 0 Å². The summed E-state index contributed by atoms with van der Waals surface area (Å²) in [5.74, 6) is -0.868. The lowest BCUT2D eigenvalue weighted by Gasteiger charge is -2.34. The molecular weight excluding hydrogens is 641 g/mol. The lowest BCUT2D eigenvalue weighted by molar-refractivity contribution is -0.140. The summed E-state index contributed by atoms with van der Waals surface area (Å²) >= 11 is 12.5. The summed E-state index contributed by atoms with van der Waals surface area (Å²) in [7, 11) is -4.18. The van der Waals surface area contributed by atoms with Crippen molar-refractivity contribution < 1.29 is 18.0 Å². The maximum atomic E-state index is 14.6. The SMILES string of the molecule is CCCCNC(=O)[C@H](Cc1ccccc1)N(Cc1ccc(Cl)c(Cl)c1)C(=O)CN(c1cc(C)ccc1C)S(=O)(=O)c1ccccc1. The van der Waals surface area contributed by atoms with Gasteiger partial charge in [-0.25, -0.2) is 8.42 Å². The Balaban J connectivity index is 1.82. The van der Waals surface area contributed by atoms with Gasteiger partial charge in [-0.1, -0.05) is 103 Å². The number of hydrogen-bond donors (Lipinski definition) is 1. The summed E-state index contributed by atoms with van der Waals surface area (Å²) in [5, 5.41) is 3.66. The van der Waals surface area contributed by atoms with Crippen LogP contribution < -0.4 is 9.62 Å². The van der Waals surface area contributed by atoms with E-state index in [1.54, 1.807) is 49.4 Å². The summed E-state index contributed by atoms with van der Waals surface area (Å²) < 4.78 is 29.6. The van der Waals surface area contributed by atoms with Crippen LogP contribution >= 0.6 is 23.2 Å². The quantitative estimate of drug-likeness (QED) is 0.141. The summed E-state index contributed by atoms with van der Waals surface area (Å²) in [6.45, 7) is 5.62. The summed E-state index contributed by atoms with van der Waals surface area (Å²) in [4.78, 5) is 30.0. The maximum absolute atomic E-state index is 14.6. The van der Waals surface area contributed by atoms with Gasteiger partial charge in [0, 0.05) is 19.5 Å². The summed E-state index contributed by atoms with van der Waals surface area (Å²) in [6, 6.07) is 27.0. The number of nitrogens with zero attached hydrogens (tertiary/aromatic N) is 2. The summed E-state index contributed by atoms with van der Waals surface area (Å²) in [6.07, 6.45) is 1.89. The van der Waals surface area contributed by atoms with Crippen molar-refractivity contribution in [2.45, 2.75) is 57.5 Å². The van der Waals surface area contributed by atoms with Gasteiger partial charge in [-0.15, -0.1) is 0 Å². The fourth-order valence-corrected chi connectivity index (χ4v) is 6.93. The third kappa shape index (κ3) is 8.90. The number of nitrogens with one attached hydrogen (secondary N) is 1. The minimum absolute atomic E-state index is 0.000441. The third-order valence-corrected chi connectivity index (χ3v) is 10.2. The first-order valence-electron chi connectivity index (χ1n) is 15.2. The number of carbonyl (C=O) groups is 2. The summed E-state index contributed by atoms with van der Waals surface area (Å²) in [5.41, 5.74) is 3.41. The monoisotopic (exact) mass is 679 g/mol. The largest absolute Gasteiger partial charge is 0.354 e. The molecule has 0 saturated heterocycles. The van der Waals surface area contributed by atoms with Gasteiger partial charge in [0.05, 0.1) is 20.6 Å². The molecule has 4 aromatic carbocycles. The van der Waals surface area contributed by atoms with Gasteiger partial charge in [0.15, 0.2) is 0 Å². The molecule has 46 heavy (non-hydrogen) atoms. The van der Waals surface area contributed by atoms with Gasteiger partial charge in [0.1, 0.15) is 12.6 Å². The number of hydrogen-bond acceptors (Lipinski definition) is 4. The molecule has 0 aliphatic carbocycles. The van der Waals surface area contributed by atoms with E-state index in [4.69, 9.17) is 23.2 Å². The normalized spacial score (nSPS) is 11.9. The van der Waals surface area contributed by atoms with Gasteiger partial charge < -0.3 is 10.2 Å². The molecular formula is C36H39Cl2N3O4S. The molecule has 242 valence electrons. The van der Waals surface area contributed by atoms with E-state index in [0.29, 0.717) is 33.4 Å². The minimum Gasteiger partial charge on any atom is -0.354 e. The van der Waals surface area contributed by atoms with Crippen LogP contribution in [0.5, 0.6) is 0 Å². The van der Waals surface area contributed by atoms with Crippen LogP contribution in [0, 0.1) is 13.8 Å². The van der Waals surface area contributed by atoms with Crippen molar-refractivity contribution in [2.75, 3.05) is 17.4 Å². The topological polar surface area (TPSA) is 86.8 Å². The number of carbonyl (C=O) groups excluding carboxylic acids is 2. The highest BCUT2D eigenvalue weighted by molar-refractivity contribution is 7.92.